The summed E-state index contributed by atoms with van der Waals surface area (Å²) in [5.41, 5.74) is 29.7. The molecule has 0 unspecified atom stereocenters. The van der Waals surface area contributed by atoms with Gasteiger partial charge in [0.2, 0.25) is 41.4 Å². The summed E-state index contributed by atoms with van der Waals surface area (Å²) in [5, 5.41) is 66.6. The van der Waals surface area contributed by atoms with E-state index in [1.165, 1.54) is 35.1 Å². The number of aliphatic imine (C=N–C) groups is 1. The second-order valence-corrected chi connectivity index (χ2v) is 31.3. The van der Waals surface area contributed by atoms with Gasteiger partial charge in [-0.25, -0.2) is 4.79 Å². The van der Waals surface area contributed by atoms with E-state index in [0.29, 0.717) is 22.0 Å². The summed E-state index contributed by atoms with van der Waals surface area (Å²) in [7, 11) is 1.83. The third-order valence-electron chi connectivity index (χ3n) is 20.1. The Morgan fingerprint density at radius 1 is 0.690 bits per heavy atom. The normalized spacial score (nSPS) is 24.2. The number of urea groups is 1. The van der Waals surface area contributed by atoms with Gasteiger partial charge in [0.15, 0.2) is 40.7 Å². The maximum Gasteiger partial charge on any atom is 0.312 e. The van der Waals surface area contributed by atoms with Gasteiger partial charge in [-0.2, -0.15) is 0 Å². The monoisotopic (exact) mass is 1610 g/mol. The van der Waals surface area contributed by atoms with Crippen LogP contribution in [0.15, 0.2) is 65.9 Å². The van der Waals surface area contributed by atoms with Crippen LogP contribution < -0.4 is 60.6 Å². The average Bonchev–Trinajstić information content (AvgIpc) is 1.74. The number of aromatic amines is 1. The Bertz CT molecular complexity index is 4130. The summed E-state index contributed by atoms with van der Waals surface area (Å²) in [4.78, 5) is 237. The summed E-state index contributed by atoms with van der Waals surface area (Å²) < 4.78 is 1.29. The van der Waals surface area contributed by atoms with Crippen LogP contribution in [0.4, 0.5) is 4.79 Å². The SMILES string of the molecule is C[C@@H](O)[C@@H]1NC(=O)[C@H]2CC(=O)[C@@H](NC(=O)CN)CSSC[C@H](NC(=O)[C@H](CCCN=C(N)N)CC(=O)[C@@H]3CCCN3C(=O)[C@H](CC(=O)O)CC1=O)C(=O)C[C@@H](CCCNC(N)=O)C(=O)N[C@@H](Cc1c[nH]c3ccccc13)C(=O)C[C@@H](CCC(N)=O)C(=O)N[C@H](C(=O)C[C@H](CC(=O)O)c1ccc(O)cc1)CCCn1cc(nn1)C2. The number of aryl methyl sites for hydroxylation is 1. The first-order valence-corrected chi connectivity index (χ1v) is 39.9. The van der Waals surface area contributed by atoms with Crippen LogP contribution in [0.3, 0.4) is 0 Å². The molecule has 4 bridgehead atoms. The van der Waals surface area contributed by atoms with Crippen molar-refractivity contribution in [3.05, 3.63) is 77.7 Å². The molecule has 614 valence electrons. The number of ketones is 6. The van der Waals surface area contributed by atoms with Crippen molar-refractivity contribution in [2.45, 2.75) is 190 Å². The second-order valence-electron chi connectivity index (χ2n) is 28.8. The Balaban J connectivity index is 1.41. The number of carboxylic acid groups (broad SMARTS) is 2. The molecule has 4 aromatic rings. The molecule has 7 rings (SSSR count). The van der Waals surface area contributed by atoms with E-state index in [-0.39, 0.29) is 119 Å². The molecule has 21 N–H and O–H groups in total. The van der Waals surface area contributed by atoms with E-state index in [2.05, 4.69) is 52.2 Å². The summed E-state index contributed by atoms with van der Waals surface area (Å²) >= 11 is 0. The number of aromatic hydroxyl groups is 1. The van der Waals surface area contributed by atoms with Crippen LogP contribution in [0.1, 0.15) is 145 Å². The number of guanidine groups is 1. The first kappa shape index (κ1) is 89.5. The molecule has 9 amide bonds. The quantitative estimate of drug-likeness (QED) is 0.0182. The number of rotatable bonds is 24. The topological polar surface area (TPSA) is 618 Å². The van der Waals surface area contributed by atoms with Crippen LogP contribution >= 0.6 is 21.6 Å². The lowest BCUT2D eigenvalue weighted by molar-refractivity contribution is -0.148. The van der Waals surface area contributed by atoms with Crippen molar-refractivity contribution >= 4 is 132 Å². The van der Waals surface area contributed by atoms with Gasteiger partial charge in [0.1, 0.15) is 11.8 Å². The Labute approximate surface area is 657 Å². The lowest BCUT2D eigenvalue weighted by Gasteiger charge is -2.30. The first-order valence-electron chi connectivity index (χ1n) is 37.4. The number of aliphatic hydroxyl groups excluding tert-OH is 1. The maximum absolute atomic E-state index is 15.5. The number of phenolic OH excluding ortho intramolecular Hbond substituents is 1. The number of para-hydroxylation sites is 1. The zero-order chi connectivity index (χ0) is 82.6. The molecule has 0 spiro atoms. The number of hydrogen-bond donors (Lipinski definition) is 16. The number of carbonyl (C=O) groups is 16. The van der Waals surface area contributed by atoms with E-state index in [4.69, 9.17) is 28.7 Å². The number of amides is 9. The third-order valence-corrected chi connectivity index (χ3v) is 22.6. The van der Waals surface area contributed by atoms with Gasteiger partial charge in [-0.1, -0.05) is 57.1 Å². The van der Waals surface area contributed by atoms with Crippen LogP contribution in [-0.4, -0.2) is 225 Å². The molecule has 0 radical (unpaired) electrons. The number of nitrogens with two attached hydrogens (primary N) is 5. The maximum atomic E-state index is 15.5. The minimum absolute atomic E-state index is 0.0253. The van der Waals surface area contributed by atoms with Crippen molar-refractivity contribution in [2.24, 2.45) is 63.3 Å². The fraction of sp³-hybridized carbons (Fsp3) is 0.554. The molecule has 37 nitrogen and oxygen atoms in total. The highest BCUT2D eigenvalue weighted by atomic mass is 33.1. The average molecular weight is 1610 g/mol. The standard InChI is InChI=1S/C74H101N17O20S2/c1-39(92)67-62(99)31-46(33-66(104)105)72(110)91-23-7-13-56(91)61(98)28-42(8-4-20-80-73(77)78)69(107)86-55-38-113-112-37-54(83-64(101)34-75)60(97)30-45(71(109)87-67)24-48-36-90(89-88-48)22-6-12-52(57(94)29-44(32-65(102)103)40-14-17-49(93)18-15-40)84-70(108)43(16-19-63(76)100)27-58(95)53(25-47-35-82-51-11-3-2-10-50(47)51)85-68(106)41(26-59(55)96)9-5-21-81-74(79)111/h2-3,10-11,14-15,17-18,35-36,39,41-46,52-56,67,82,92-93H,4-9,12-13,16,19-34,37-38,75H2,1H3,(H2,76,100)(H,83,101)(H,84,108)(H,85,106)(H,86,107)(H,87,109)(H,102,103)(H,104,105)(H4,77,78,80)(H3,79,81,111)/t39-,41-,42-,43-,44-,45-,46+,52+,53+,54+,55+,56+,67+/m1/s1. The van der Waals surface area contributed by atoms with Crippen molar-refractivity contribution in [3.63, 3.8) is 0 Å². The van der Waals surface area contributed by atoms with E-state index in [1.54, 1.807) is 30.5 Å². The number of aromatic nitrogens is 4. The lowest BCUT2D eigenvalue weighted by atomic mass is 9.87. The van der Waals surface area contributed by atoms with Crippen LogP contribution in [0, 0.1) is 29.6 Å². The Morgan fingerprint density at radius 3 is 2.03 bits per heavy atom. The number of phenols is 1. The molecule has 0 saturated carbocycles. The molecular formula is C74H101N17O20S2. The van der Waals surface area contributed by atoms with E-state index in [1.807, 2.05) is 0 Å². The number of Topliss-reactive ketones (excluding diaryl/α,β-unsaturated/α-hetero) is 6. The number of aliphatic carboxylic acids is 2. The predicted molar refractivity (Wildman–Crippen MR) is 411 cm³/mol. The van der Waals surface area contributed by atoms with Crippen LogP contribution in [-0.2, 0) is 91.3 Å². The summed E-state index contributed by atoms with van der Waals surface area (Å²) in [6, 6.07) is 2.26. The van der Waals surface area contributed by atoms with Gasteiger partial charge in [-0.05, 0) is 94.0 Å². The number of primary amides is 2. The van der Waals surface area contributed by atoms with Crippen molar-refractivity contribution in [2.75, 3.05) is 37.7 Å². The second kappa shape index (κ2) is 44.0. The molecule has 13 atom stereocenters. The molecular weight excluding hydrogens is 1510 g/mol. The van der Waals surface area contributed by atoms with Gasteiger partial charge >= 0.3 is 18.0 Å². The molecule has 5 heterocycles. The van der Waals surface area contributed by atoms with Gasteiger partial charge in [0.25, 0.3) is 0 Å². The molecule has 2 aromatic carbocycles. The van der Waals surface area contributed by atoms with E-state index >= 15 is 24.0 Å². The van der Waals surface area contributed by atoms with Crippen molar-refractivity contribution in [1.29, 1.82) is 0 Å². The van der Waals surface area contributed by atoms with Gasteiger partial charge in [0, 0.05) is 142 Å². The Hall–Kier alpha value is -10.7. The highest BCUT2D eigenvalue weighted by Gasteiger charge is 2.43. The number of benzene rings is 2. The smallest absolute Gasteiger partial charge is 0.312 e. The summed E-state index contributed by atoms with van der Waals surface area (Å²) in [6.45, 7) is 0.113. The minimum atomic E-state index is -1.87. The zero-order valence-electron chi connectivity index (χ0n) is 62.6. The van der Waals surface area contributed by atoms with Crippen molar-refractivity contribution in [1.82, 2.24) is 56.8 Å². The van der Waals surface area contributed by atoms with Crippen LogP contribution in [0.25, 0.3) is 10.9 Å². The van der Waals surface area contributed by atoms with Gasteiger partial charge < -0.3 is 90.9 Å². The van der Waals surface area contributed by atoms with Crippen molar-refractivity contribution in [3.8, 4) is 5.75 Å². The fourth-order valence-corrected chi connectivity index (χ4v) is 16.5. The molecule has 2 aromatic heterocycles. The number of carboxylic acids is 2. The molecule has 113 heavy (non-hydrogen) atoms. The van der Waals surface area contributed by atoms with Crippen LogP contribution in [0.5, 0.6) is 5.75 Å². The Morgan fingerprint density at radius 2 is 1.35 bits per heavy atom. The van der Waals surface area contributed by atoms with Crippen molar-refractivity contribution < 1.29 is 97.1 Å². The van der Waals surface area contributed by atoms with E-state index in [0.717, 1.165) is 33.4 Å². The van der Waals surface area contributed by atoms with Crippen LogP contribution in [0.2, 0.25) is 0 Å². The highest BCUT2D eigenvalue weighted by Crippen LogP contribution is 2.32. The van der Waals surface area contributed by atoms with E-state index < -0.39 is 243 Å². The predicted octanol–water partition coefficient (Wildman–Crippen LogP) is -0.470. The molecule has 2 fully saturated rings. The zero-order valence-corrected chi connectivity index (χ0v) is 64.3. The van der Waals surface area contributed by atoms with Gasteiger partial charge in [-0.15, -0.1) is 5.10 Å². The van der Waals surface area contributed by atoms with Gasteiger partial charge in [0.05, 0.1) is 73.2 Å². The largest absolute Gasteiger partial charge is 0.508 e. The third kappa shape index (κ3) is 28.2. The number of carbonyl (C=O) groups excluding carboxylic acids is 14. The molecule has 39 heteroatoms. The molecule has 2 saturated heterocycles. The first-order chi connectivity index (χ1) is 53.8. The molecule has 0 aliphatic carbocycles. The number of fused-ring (bicyclic) bond motifs is 12. The number of nitrogens with zero attached hydrogens (tertiary/aromatic N) is 5. The summed E-state index contributed by atoms with van der Waals surface area (Å²) in [6.07, 6.45) is -6.41. The molecule has 3 aliphatic rings. The minimum Gasteiger partial charge on any atom is -0.508 e. The number of hydrogen-bond acceptors (Lipinski definition) is 24. The fourth-order valence-electron chi connectivity index (χ4n) is 14.1. The highest BCUT2D eigenvalue weighted by molar-refractivity contribution is 8.76. The number of aliphatic hydroxyl groups is 1. The summed E-state index contributed by atoms with van der Waals surface area (Å²) in [5.74, 6) is -23.8. The Kier molecular flexibility index (Phi) is 34.8. The number of H-pyrrole nitrogens is 1. The number of nitrogens with one attached hydrogen (secondary N) is 7. The molecule has 3 aliphatic heterocycles. The van der Waals surface area contributed by atoms with Gasteiger partial charge in [-0.3, -0.25) is 81.6 Å². The van der Waals surface area contributed by atoms with E-state index in [9.17, 15) is 73.2 Å². The lowest BCUT2D eigenvalue weighted by Crippen LogP contribution is -2.52.